The molecule has 0 atom stereocenters. The summed E-state index contributed by atoms with van der Waals surface area (Å²) in [6, 6.07) is 3.90. The smallest absolute Gasteiger partial charge is 0.446 e. The SMILES string of the molecule is CC(=O)Nc1cc(OS(=O)(=O)O)cc2cc(OS(=O)(=O)O)cc(O)c12. The van der Waals surface area contributed by atoms with E-state index < -0.39 is 44.0 Å². The van der Waals surface area contributed by atoms with Crippen LogP contribution in [0.5, 0.6) is 17.2 Å². The number of amides is 1. The number of fused-ring (bicyclic) bond motifs is 1. The third-order valence-electron chi connectivity index (χ3n) is 2.69. The van der Waals surface area contributed by atoms with E-state index in [1.54, 1.807) is 0 Å². The van der Waals surface area contributed by atoms with Crippen molar-refractivity contribution < 1.29 is 44.2 Å². The molecule has 0 bridgehead atoms. The van der Waals surface area contributed by atoms with Crippen LogP contribution >= 0.6 is 0 Å². The van der Waals surface area contributed by atoms with Crippen LogP contribution in [0.15, 0.2) is 24.3 Å². The number of aromatic hydroxyl groups is 1. The Bertz CT molecular complexity index is 1050. The number of benzene rings is 2. The first kappa shape index (κ1) is 18.7. The molecule has 13 heteroatoms. The van der Waals surface area contributed by atoms with Gasteiger partial charge in [-0.25, -0.2) is 0 Å². The molecule has 11 nitrogen and oxygen atoms in total. The number of hydrogen-bond donors (Lipinski definition) is 4. The standard InChI is InChI=1S/C12H11NO10S2/c1-6(14)13-10-4-8(22-24(16,17)18)2-7-3-9(23-25(19,20)21)5-11(15)12(7)10/h2-5,15H,1H3,(H,13,14)(H,16,17,18)(H,19,20,21). The number of hydrogen-bond acceptors (Lipinski definition) is 8. The van der Waals surface area contributed by atoms with Crippen molar-refractivity contribution in [3.05, 3.63) is 24.3 Å². The second kappa shape index (κ2) is 6.36. The van der Waals surface area contributed by atoms with Crippen molar-refractivity contribution in [2.75, 3.05) is 5.32 Å². The zero-order valence-corrected chi connectivity index (χ0v) is 14.0. The number of phenolic OH excluding ortho intramolecular Hbond substituents is 1. The quantitative estimate of drug-likeness (QED) is 0.533. The summed E-state index contributed by atoms with van der Waals surface area (Å²) in [5.74, 6) is -2.05. The van der Waals surface area contributed by atoms with Crippen LogP contribution in [0.2, 0.25) is 0 Å². The summed E-state index contributed by atoms with van der Waals surface area (Å²) in [5, 5.41) is 12.3. The van der Waals surface area contributed by atoms with Crippen LogP contribution in [0.3, 0.4) is 0 Å². The summed E-state index contributed by atoms with van der Waals surface area (Å²) in [4.78, 5) is 11.3. The lowest BCUT2D eigenvalue weighted by Gasteiger charge is -2.13. The fourth-order valence-electron chi connectivity index (χ4n) is 2.07. The Labute approximate surface area is 141 Å². The largest absolute Gasteiger partial charge is 0.507 e. The molecule has 0 heterocycles. The maximum Gasteiger partial charge on any atom is 0.446 e. The zero-order valence-electron chi connectivity index (χ0n) is 12.3. The molecule has 0 aliphatic carbocycles. The van der Waals surface area contributed by atoms with Gasteiger partial charge in [0.05, 0.1) is 5.69 Å². The highest BCUT2D eigenvalue weighted by molar-refractivity contribution is 7.81. The fourth-order valence-corrected chi connectivity index (χ4v) is 2.75. The normalized spacial score (nSPS) is 12.0. The molecule has 0 aliphatic rings. The average molecular weight is 393 g/mol. The highest BCUT2D eigenvalue weighted by Gasteiger charge is 2.17. The third-order valence-corrected chi connectivity index (χ3v) is 3.50. The molecular weight excluding hydrogens is 382 g/mol. The van der Waals surface area contributed by atoms with Gasteiger partial charge < -0.3 is 18.8 Å². The molecule has 0 saturated heterocycles. The predicted molar refractivity (Wildman–Crippen MR) is 84.3 cm³/mol. The summed E-state index contributed by atoms with van der Waals surface area (Å²) in [6.45, 7) is 1.15. The van der Waals surface area contributed by atoms with E-state index in [1.165, 1.54) is 0 Å². The number of anilines is 1. The Balaban J connectivity index is 2.73. The lowest BCUT2D eigenvalue weighted by molar-refractivity contribution is -0.114. The van der Waals surface area contributed by atoms with Crippen LogP contribution in [0.4, 0.5) is 5.69 Å². The van der Waals surface area contributed by atoms with Gasteiger partial charge in [-0.05, 0) is 17.5 Å². The summed E-state index contributed by atoms with van der Waals surface area (Å²) < 4.78 is 69.2. The van der Waals surface area contributed by atoms with Crippen molar-refractivity contribution in [1.82, 2.24) is 0 Å². The monoisotopic (exact) mass is 393 g/mol. The Morgan fingerprint density at radius 1 is 0.960 bits per heavy atom. The minimum Gasteiger partial charge on any atom is -0.507 e. The van der Waals surface area contributed by atoms with Gasteiger partial charge in [-0.15, -0.1) is 0 Å². The molecule has 25 heavy (non-hydrogen) atoms. The molecule has 1 amide bonds. The first-order chi connectivity index (χ1) is 11.3. The van der Waals surface area contributed by atoms with Crippen LogP contribution in [0, 0.1) is 0 Å². The maximum absolute atomic E-state index is 11.3. The summed E-state index contributed by atoms with van der Waals surface area (Å²) in [6.07, 6.45) is 0. The molecule has 2 aromatic rings. The second-order valence-corrected chi connectivity index (χ2v) is 6.76. The lowest BCUT2D eigenvalue weighted by Crippen LogP contribution is -2.09. The van der Waals surface area contributed by atoms with Crippen molar-refractivity contribution in [2.45, 2.75) is 6.92 Å². The molecule has 0 radical (unpaired) electrons. The number of nitrogens with one attached hydrogen (secondary N) is 1. The van der Waals surface area contributed by atoms with Gasteiger partial charge in [-0.1, -0.05) is 0 Å². The van der Waals surface area contributed by atoms with Crippen LogP contribution < -0.4 is 13.7 Å². The van der Waals surface area contributed by atoms with E-state index in [1.807, 2.05) is 0 Å². The minimum absolute atomic E-state index is 0.000533. The van der Waals surface area contributed by atoms with Gasteiger partial charge in [-0.3, -0.25) is 13.9 Å². The second-order valence-electron chi connectivity index (χ2n) is 4.71. The Kier molecular flexibility index (Phi) is 4.76. The molecule has 0 aliphatic heterocycles. The van der Waals surface area contributed by atoms with Gasteiger partial charge in [0, 0.05) is 24.4 Å². The molecule has 2 aromatic carbocycles. The van der Waals surface area contributed by atoms with E-state index in [0.717, 1.165) is 31.2 Å². The van der Waals surface area contributed by atoms with Crippen LogP contribution in [0.1, 0.15) is 6.92 Å². The Morgan fingerprint density at radius 2 is 1.44 bits per heavy atom. The summed E-state index contributed by atoms with van der Waals surface area (Å²) in [5.41, 5.74) is -0.0837. The fraction of sp³-hybridized carbons (Fsp3) is 0.0833. The Morgan fingerprint density at radius 3 is 1.88 bits per heavy atom. The van der Waals surface area contributed by atoms with E-state index in [4.69, 9.17) is 9.11 Å². The average Bonchev–Trinajstić information content (AvgIpc) is 2.32. The molecule has 0 spiro atoms. The van der Waals surface area contributed by atoms with Crippen LogP contribution in [-0.4, -0.2) is 37.0 Å². The number of phenols is 1. The first-order valence-electron chi connectivity index (χ1n) is 6.26. The van der Waals surface area contributed by atoms with E-state index >= 15 is 0 Å². The summed E-state index contributed by atoms with van der Waals surface area (Å²) in [7, 11) is -9.76. The van der Waals surface area contributed by atoms with Gasteiger partial charge in [0.25, 0.3) is 0 Å². The van der Waals surface area contributed by atoms with Gasteiger partial charge >= 0.3 is 20.8 Å². The molecule has 0 aromatic heterocycles. The van der Waals surface area contributed by atoms with Gasteiger partial charge in [0.2, 0.25) is 5.91 Å². The molecule has 0 unspecified atom stereocenters. The molecule has 2 rings (SSSR count). The van der Waals surface area contributed by atoms with Crippen LogP contribution in [0.25, 0.3) is 10.8 Å². The molecule has 0 fully saturated rings. The Hall–Kier alpha value is -2.61. The number of carbonyl (C=O) groups excluding carboxylic acids is 1. The van der Waals surface area contributed by atoms with E-state index in [0.29, 0.717) is 0 Å². The minimum atomic E-state index is -4.88. The molecule has 0 saturated carbocycles. The highest BCUT2D eigenvalue weighted by Crippen LogP contribution is 2.39. The van der Waals surface area contributed by atoms with E-state index in [9.17, 15) is 26.7 Å². The van der Waals surface area contributed by atoms with E-state index in [-0.39, 0.29) is 16.5 Å². The number of rotatable bonds is 5. The van der Waals surface area contributed by atoms with Crippen molar-refractivity contribution in [3.63, 3.8) is 0 Å². The van der Waals surface area contributed by atoms with Crippen molar-refractivity contribution in [1.29, 1.82) is 0 Å². The maximum atomic E-state index is 11.3. The molecular formula is C12H11NO10S2. The van der Waals surface area contributed by atoms with Crippen LogP contribution in [-0.2, 0) is 25.6 Å². The third kappa shape index (κ3) is 5.18. The van der Waals surface area contributed by atoms with E-state index in [2.05, 4.69) is 13.7 Å². The number of carbonyl (C=O) groups is 1. The van der Waals surface area contributed by atoms with Gasteiger partial charge in [0.15, 0.2) is 0 Å². The predicted octanol–water partition coefficient (Wildman–Crippen LogP) is 0.867. The highest BCUT2D eigenvalue weighted by atomic mass is 32.3. The van der Waals surface area contributed by atoms with Crippen molar-refractivity contribution >= 4 is 43.2 Å². The molecule has 136 valence electrons. The topological polar surface area (TPSA) is 177 Å². The van der Waals surface area contributed by atoms with Gasteiger partial charge in [-0.2, -0.15) is 16.8 Å². The summed E-state index contributed by atoms with van der Waals surface area (Å²) >= 11 is 0. The van der Waals surface area contributed by atoms with Crippen molar-refractivity contribution in [3.8, 4) is 17.2 Å². The zero-order chi connectivity index (χ0) is 19.0. The van der Waals surface area contributed by atoms with Crippen molar-refractivity contribution in [2.24, 2.45) is 0 Å². The lowest BCUT2D eigenvalue weighted by atomic mass is 10.1. The first-order valence-corrected chi connectivity index (χ1v) is 8.99. The van der Waals surface area contributed by atoms with Gasteiger partial charge in [0.1, 0.15) is 17.2 Å². The molecule has 4 N–H and O–H groups in total.